The third kappa shape index (κ3) is 4.38. The van der Waals surface area contributed by atoms with E-state index in [9.17, 15) is 18.8 Å². The maximum atomic E-state index is 14.1. The normalized spacial score (nSPS) is 15.9. The molecule has 0 saturated carbocycles. The van der Waals surface area contributed by atoms with E-state index in [2.05, 4.69) is 0 Å². The Hall–Kier alpha value is -2.84. The molecule has 1 aromatic heterocycles. The minimum Gasteiger partial charge on any atom is -0.351 e. The van der Waals surface area contributed by atoms with Crippen LogP contribution in [0, 0.1) is 5.82 Å². The molecule has 1 aliphatic heterocycles. The zero-order valence-corrected chi connectivity index (χ0v) is 18.7. The van der Waals surface area contributed by atoms with Gasteiger partial charge in [-0.2, -0.15) is 0 Å². The number of aryl methyl sites for hydroxylation is 1. The molecule has 3 aromatic rings. The highest BCUT2D eigenvalue weighted by Gasteiger charge is 2.34. The van der Waals surface area contributed by atoms with Crippen LogP contribution >= 0.6 is 23.4 Å². The number of Topliss-reactive ketones (excluding diaryl/α,β-unsaturated/α-hetero) is 1. The smallest absolute Gasteiger partial charge is 0.323 e. The molecular formula is C23H21ClFN3O3S. The van der Waals surface area contributed by atoms with E-state index in [0.717, 1.165) is 5.39 Å². The van der Waals surface area contributed by atoms with Crippen LogP contribution in [0.25, 0.3) is 10.9 Å². The highest BCUT2D eigenvalue weighted by molar-refractivity contribution is 8.00. The van der Waals surface area contributed by atoms with Gasteiger partial charge in [0.15, 0.2) is 5.78 Å². The number of carbonyl (C=O) groups is 3. The number of halogens is 2. The van der Waals surface area contributed by atoms with Crippen molar-refractivity contribution in [3.05, 3.63) is 70.6 Å². The first kappa shape index (κ1) is 22.4. The summed E-state index contributed by atoms with van der Waals surface area (Å²) < 4.78 is 15.4. The van der Waals surface area contributed by atoms with Crippen LogP contribution in [0.2, 0.25) is 5.02 Å². The molecule has 1 aliphatic rings. The Kier molecular flexibility index (Phi) is 6.53. The van der Waals surface area contributed by atoms with Gasteiger partial charge in [0, 0.05) is 30.3 Å². The van der Waals surface area contributed by atoms with Crippen molar-refractivity contribution in [2.75, 3.05) is 12.3 Å². The highest BCUT2D eigenvalue weighted by Crippen LogP contribution is 2.29. The van der Waals surface area contributed by atoms with Crippen LogP contribution in [0.5, 0.6) is 0 Å². The molecule has 166 valence electrons. The number of hydrogen-bond donors (Lipinski definition) is 1. The predicted octanol–water partition coefficient (Wildman–Crippen LogP) is 4.01. The lowest BCUT2D eigenvalue weighted by Crippen LogP contribution is -2.40. The molecule has 2 N–H and O–H groups in total. The molecule has 1 saturated heterocycles. The maximum absolute atomic E-state index is 14.1. The van der Waals surface area contributed by atoms with E-state index >= 15 is 0 Å². The van der Waals surface area contributed by atoms with Crippen LogP contribution in [-0.4, -0.2) is 44.9 Å². The quantitative estimate of drug-likeness (QED) is 0.586. The van der Waals surface area contributed by atoms with Crippen molar-refractivity contribution in [2.24, 2.45) is 5.73 Å². The second-order valence-electron chi connectivity index (χ2n) is 7.55. The lowest BCUT2D eigenvalue weighted by atomic mass is 10.1. The van der Waals surface area contributed by atoms with E-state index in [1.807, 2.05) is 12.1 Å². The summed E-state index contributed by atoms with van der Waals surface area (Å²) in [6.45, 7) is 0.458. The third-order valence-corrected chi connectivity index (χ3v) is 7.08. The van der Waals surface area contributed by atoms with Crippen molar-refractivity contribution in [3.8, 4) is 0 Å². The number of carbonyl (C=O) groups excluding carboxylic acids is 3. The first-order chi connectivity index (χ1) is 15.4. The average Bonchev–Trinajstić information content (AvgIpc) is 3.40. The maximum Gasteiger partial charge on any atom is 0.323 e. The SMILES string of the molecule is NC(=O)n1cc(CC(=O)N2CCS[C@H]2C(=O)CCc2cccc(Cl)c2F)c2ccccc21. The van der Waals surface area contributed by atoms with Gasteiger partial charge in [0.1, 0.15) is 11.2 Å². The Morgan fingerprint density at radius 3 is 2.69 bits per heavy atom. The van der Waals surface area contributed by atoms with Gasteiger partial charge in [0.2, 0.25) is 5.91 Å². The van der Waals surface area contributed by atoms with E-state index in [4.69, 9.17) is 17.3 Å². The monoisotopic (exact) mass is 473 g/mol. The molecule has 0 radical (unpaired) electrons. The first-order valence-corrected chi connectivity index (χ1v) is 11.5. The van der Waals surface area contributed by atoms with Crippen LogP contribution in [0.1, 0.15) is 17.5 Å². The fourth-order valence-electron chi connectivity index (χ4n) is 3.95. The molecule has 2 aromatic carbocycles. The van der Waals surface area contributed by atoms with Crippen LogP contribution in [0.3, 0.4) is 0 Å². The fourth-order valence-corrected chi connectivity index (χ4v) is 5.38. The van der Waals surface area contributed by atoms with Gasteiger partial charge in [-0.25, -0.2) is 9.18 Å². The van der Waals surface area contributed by atoms with Gasteiger partial charge in [0.05, 0.1) is 17.0 Å². The largest absolute Gasteiger partial charge is 0.351 e. The topological polar surface area (TPSA) is 85.4 Å². The molecule has 1 atom stereocenters. The predicted molar refractivity (Wildman–Crippen MR) is 123 cm³/mol. The molecule has 1 fully saturated rings. The highest BCUT2D eigenvalue weighted by atomic mass is 35.5. The second kappa shape index (κ2) is 9.34. The minimum atomic E-state index is -0.627. The van der Waals surface area contributed by atoms with Crippen molar-refractivity contribution in [1.29, 1.82) is 0 Å². The van der Waals surface area contributed by atoms with Crippen LogP contribution < -0.4 is 5.73 Å². The van der Waals surface area contributed by atoms with E-state index < -0.39 is 17.2 Å². The van der Waals surface area contributed by atoms with E-state index in [1.165, 1.54) is 22.4 Å². The summed E-state index contributed by atoms with van der Waals surface area (Å²) in [7, 11) is 0. The number of fused-ring (bicyclic) bond motifs is 1. The average molecular weight is 474 g/mol. The number of ketones is 1. The molecule has 9 heteroatoms. The van der Waals surface area contributed by atoms with Gasteiger partial charge in [-0.1, -0.05) is 41.9 Å². The molecule has 2 heterocycles. The Morgan fingerprint density at radius 1 is 1.12 bits per heavy atom. The second-order valence-corrected chi connectivity index (χ2v) is 9.14. The van der Waals surface area contributed by atoms with Gasteiger partial charge in [-0.05, 0) is 29.7 Å². The molecule has 32 heavy (non-hydrogen) atoms. The Labute approximate surface area is 193 Å². The molecule has 0 unspecified atom stereocenters. The zero-order valence-electron chi connectivity index (χ0n) is 17.1. The number of thioether (sulfide) groups is 1. The summed E-state index contributed by atoms with van der Waals surface area (Å²) in [4.78, 5) is 39.3. The van der Waals surface area contributed by atoms with Crippen LogP contribution in [-0.2, 0) is 22.4 Å². The van der Waals surface area contributed by atoms with Gasteiger partial charge in [-0.15, -0.1) is 11.8 Å². The Bertz CT molecular complexity index is 1210. The number of para-hydroxylation sites is 1. The van der Waals surface area contributed by atoms with E-state index in [1.54, 1.807) is 35.4 Å². The van der Waals surface area contributed by atoms with Crippen LogP contribution in [0.4, 0.5) is 9.18 Å². The lowest BCUT2D eigenvalue weighted by molar-refractivity contribution is -0.135. The van der Waals surface area contributed by atoms with Crippen molar-refractivity contribution in [3.63, 3.8) is 0 Å². The summed E-state index contributed by atoms with van der Waals surface area (Å²) in [5.41, 5.74) is 7.14. The summed E-state index contributed by atoms with van der Waals surface area (Å²) in [6.07, 6.45) is 1.96. The molecule has 0 aliphatic carbocycles. The first-order valence-electron chi connectivity index (χ1n) is 10.1. The third-order valence-electron chi connectivity index (χ3n) is 5.53. The van der Waals surface area contributed by atoms with Gasteiger partial charge >= 0.3 is 6.03 Å². The van der Waals surface area contributed by atoms with Gasteiger partial charge in [0.25, 0.3) is 0 Å². The summed E-state index contributed by atoms with van der Waals surface area (Å²) in [5, 5.41) is 0.192. The van der Waals surface area contributed by atoms with Crippen molar-refractivity contribution >= 4 is 52.0 Å². The summed E-state index contributed by atoms with van der Waals surface area (Å²) in [6, 6.07) is 11.3. The van der Waals surface area contributed by atoms with E-state index in [-0.39, 0.29) is 36.0 Å². The van der Waals surface area contributed by atoms with Crippen molar-refractivity contribution in [1.82, 2.24) is 9.47 Å². The molecule has 6 nitrogen and oxygen atoms in total. The van der Waals surface area contributed by atoms with Gasteiger partial charge < -0.3 is 10.6 Å². The number of benzene rings is 2. The number of nitrogens with two attached hydrogens (primary N) is 1. The summed E-state index contributed by atoms with van der Waals surface area (Å²) >= 11 is 7.22. The standard InChI is InChI=1S/C23H21ClFN3O3S/c24-17-6-3-4-14(21(17)25)8-9-19(29)22-27(10-11-32-22)20(30)12-15-13-28(23(26)31)18-7-2-1-5-16(15)18/h1-7,13,22H,8-12H2,(H2,26,31)/t22-/m0/s1. The number of aromatic nitrogens is 1. The number of primary amides is 1. The van der Waals surface area contributed by atoms with Crippen molar-refractivity contribution < 1.29 is 18.8 Å². The lowest BCUT2D eigenvalue weighted by Gasteiger charge is -2.23. The minimum absolute atomic E-state index is 0.0251. The number of nitrogens with zero attached hydrogens (tertiary/aromatic N) is 2. The molecule has 0 spiro atoms. The molecule has 0 bridgehead atoms. The fraction of sp³-hybridized carbons (Fsp3) is 0.261. The molecule has 2 amide bonds. The number of amides is 2. The number of rotatable bonds is 6. The zero-order chi connectivity index (χ0) is 22.8. The van der Waals surface area contributed by atoms with Crippen LogP contribution in [0.15, 0.2) is 48.7 Å². The van der Waals surface area contributed by atoms with Crippen molar-refractivity contribution in [2.45, 2.75) is 24.6 Å². The Morgan fingerprint density at radius 2 is 1.91 bits per heavy atom. The van der Waals surface area contributed by atoms with E-state index in [0.29, 0.717) is 28.9 Å². The molecule has 4 rings (SSSR count). The molecular weight excluding hydrogens is 453 g/mol. The summed E-state index contributed by atoms with van der Waals surface area (Å²) in [5.74, 6) is -0.189. The number of hydrogen-bond acceptors (Lipinski definition) is 4. The van der Waals surface area contributed by atoms with Gasteiger partial charge in [-0.3, -0.25) is 14.2 Å². The Balaban J connectivity index is 1.47.